The Morgan fingerprint density at radius 3 is 2.82 bits per heavy atom. The molecule has 4 heterocycles. The molecule has 0 saturated carbocycles. The highest BCUT2D eigenvalue weighted by Crippen LogP contribution is 2.34. The number of hydrogen-bond donors (Lipinski definition) is 2. The predicted molar refractivity (Wildman–Crippen MR) is 126 cm³/mol. The Kier molecular flexibility index (Phi) is 5.29. The van der Waals surface area contributed by atoms with Gasteiger partial charge in [-0.1, -0.05) is 0 Å². The molecule has 33 heavy (non-hydrogen) atoms. The van der Waals surface area contributed by atoms with Crippen LogP contribution in [0.4, 0.5) is 11.5 Å². The molecule has 2 aliphatic rings. The largest absolute Gasteiger partial charge is 0.486 e. The number of pyridine rings is 1. The van der Waals surface area contributed by atoms with E-state index < -0.39 is 0 Å². The number of nitrogens with zero attached hydrogens (tertiary/aromatic N) is 5. The Balaban J connectivity index is 1.27. The minimum atomic E-state index is -0.286. The van der Waals surface area contributed by atoms with Crippen molar-refractivity contribution in [3.63, 3.8) is 0 Å². The van der Waals surface area contributed by atoms with E-state index in [1.54, 1.807) is 30.1 Å². The molecule has 1 aromatic carbocycles. The van der Waals surface area contributed by atoms with Gasteiger partial charge in [0, 0.05) is 33.2 Å². The standard InChI is InChI=1S/C23H25N7O3/c1-4-30-21-20-17(25-12-26-21)7-14(8-18(20)28-23(30)32)9-29-10-15(11-29)33-19-6-5-16(22(31)24-3)27-13(19)2/h5-8,12,15H,4,9-11H2,1-3H3,(H,24,31)(H,25,26). The highest BCUT2D eigenvalue weighted by Gasteiger charge is 2.29. The zero-order valence-corrected chi connectivity index (χ0v) is 18.8. The molecule has 0 spiro atoms. The summed E-state index contributed by atoms with van der Waals surface area (Å²) in [7, 11) is 1.58. The molecule has 0 atom stereocenters. The number of carbonyl (C=O) groups is 1. The van der Waals surface area contributed by atoms with E-state index in [-0.39, 0.29) is 17.7 Å². The monoisotopic (exact) mass is 447 g/mol. The Bertz CT molecular complexity index is 1340. The first-order valence-electron chi connectivity index (χ1n) is 10.9. The summed E-state index contributed by atoms with van der Waals surface area (Å²) in [5.74, 6) is 1.12. The average Bonchev–Trinajstić information content (AvgIpc) is 2.78. The van der Waals surface area contributed by atoms with Gasteiger partial charge in [0.15, 0.2) is 0 Å². The van der Waals surface area contributed by atoms with Gasteiger partial charge in [-0.2, -0.15) is 4.98 Å². The lowest BCUT2D eigenvalue weighted by Crippen LogP contribution is -2.53. The van der Waals surface area contributed by atoms with Gasteiger partial charge >= 0.3 is 5.69 Å². The van der Waals surface area contributed by atoms with Crippen LogP contribution in [0.5, 0.6) is 5.75 Å². The molecular formula is C23H25N7O3. The molecule has 2 N–H and O–H groups in total. The number of benzene rings is 1. The summed E-state index contributed by atoms with van der Waals surface area (Å²) in [5, 5.41) is 6.63. The predicted octanol–water partition coefficient (Wildman–Crippen LogP) is 1.83. The number of anilines is 1. The van der Waals surface area contributed by atoms with Crippen molar-refractivity contribution >= 4 is 34.7 Å². The highest BCUT2D eigenvalue weighted by atomic mass is 16.5. The zero-order chi connectivity index (χ0) is 23.1. The van der Waals surface area contributed by atoms with Crippen LogP contribution in [0, 0.1) is 6.92 Å². The number of likely N-dealkylation sites (tertiary alicyclic amines) is 1. The fourth-order valence-corrected chi connectivity index (χ4v) is 4.28. The van der Waals surface area contributed by atoms with Crippen molar-refractivity contribution in [3.05, 3.63) is 51.7 Å². The van der Waals surface area contributed by atoms with Crippen molar-refractivity contribution in [2.45, 2.75) is 33.0 Å². The van der Waals surface area contributed by atoms with Gasteiger partial charge in [0.2, 0.25) is 0 Å². The van der Waals surface area contributed by atoms with Gasteiger partial charge in [-0.25, -0.2) is 14.8 Å². The SMILES string of the molecule is CCn1c2c3c(cc(CN4CC(Oc5ccc(C(=O)NC)nc5C)C4)cc3nc1=O)NC=N2. The number of amides is 1. The second kappa shape index (κ2) is 8.28. The summed E-state index contributed by atoms with van der Waals surface area (Å²) in [6, 6.07) is 7.51. The van der Waals surface area contributed by atoms with Gasteiger partial charge < -0.3 is 15.4 Å². The summed E-state index contributed by atoms with van der Waals surface area (Å²) in [6.45, 7) is 6.54. The van der Waals surface area contributed by atoms with Crippen LogP contribution in [-0.2, 0) is 13.1 Å². The molecule has 5 rings (SSSR count). The van der Waals surface area contributed by atoms with Crippen molar-refractivity contribution in [1.29, 1.82) is 0 Å². The number of carbonyl (C=O) groups excluding carboxylic acids is 1. The molecule has 0 bridgehead atoms. The second-order valence-electron chi connectivity index (χ2n) is 8.20. The summed E-state index contributed by atoms with van der Waals surface area (Å²) >= 11 is 0. The molecule has 1 fully saturated rings. The van der Waals surface area contributed by atoms with Crippen LogP contribution in [0.2, 0.25) is 0 Å². The molecule has 0 unspecified atom stereocenters. The van der Waals surface area contributed by atoms with Gasteiger partial charge in [-0.05, 0) is 43.7 Å². The highest BCUT2D eigenvalue weighted by molar-refractivity contribution is 6.06. The van der Waals surface area contributed by atoms with Gasteiger partial charge in [0.05, 0.1) is 28.6 Å². The van der Waals surface area contributed by atoms with Crippen LogP contribution >= 0.6 is 0 Å². The van der Waals surface area contributed by atoms with Gasteiger partial charge in [0.1, 0.15) is 23.4 Å². The Morgan fingerprint density at radius 1 is 1.27 bits per heavy atom. The minimum absolute atomic E-state index is 0.0573. The van der Waals surface area contributed by atoms with Crippen LogP contribution in [0.15, 0.2) is 34.1 Å². The number of rotatable bonds is 6. The van der Waals surface area contributed by atoms with Gasteiger partial charge in [-0.3, -0.25) is 14.3 Å². The third kappa shape index (κ3) is 3.82. The van der Waals surface area contributed by atoms with E-state index in [1.807, 2.05) is 19.9 Å². The summed E-state index contributed by atoms with van der Waals surface area (Å²) < 4.78 is 7.66. The number of aryl methyl sites for hydroxylation is 1. The van der Waals surface area contributed by atoms with Crippen molar-refractivity contribution < 1.29 is 9.53 Å². The quantitative estimate of drug-likeness (QED) is 0.593. The molecule has 1 amide bonds. The third-order valence-corrected chi connectivity index (χ3v) is 5.95. The van der Waals surface area contributed by atoms with Crippen molar-refractivity contribution in [1.82, 2.24) is 24.8 Å². The van der Waals surface area contributed by atoms with E-state index in [2.05, 4.69) is 36.6 Å². The van der Waals surface area contributed by atoms with Crippen molar-refractivity contribution in [2.75, 3.05) is 25.5 Å². The molecule has 10 nitrogen and oxygen atoms in total. The molecule has 0 radical (unpaired) electrons. The molecular weight excluding hydrogens is 422 g/mol. The van der Waals surface area contributed by atoms with Gasteiger partial charge in [-0.15, -0.1) is 0 Å². The smallest absolute Gasteiger partial charge is 0.349 e. The Morgan fingerprint density at radius 2 is 2.09 bits per heavy atom. The van der Waals surface area contributed by atoms with E-state index >= 15 is 0 Å². The first kappa shape index (κ1) is 21.1. The van der Waals surface area contributed by atoms with E-state index in [4.69, 9.17) is 4.74 Å². The fraction of sp³-hybridized carbons (Fsp3) is 0.348. The molecule has 3 aromatic rings. The maximum absolute atomic E-state index is 12.4. The maximum Gasteiger partial charge on any atom is 0.349 e. The third-order valence-electron chi connectivity index (χ3n) is 5.95. The number of aliphatic imine (C=N–C) groups is 1. The maximum atomic E-state index is 12.4. The molecule has 170 valence electrons. The number of ether oxygens (including phenoxy) is 1. The first-order chi connectivity index (χ1) is 16.0. The van der Waals surface area contributed by atoms with Gasteiger partial charge in [0.25, 0.3) is 5.91 Å². The van der Waals surface area contributed by atoms with E-state index in [0.29, 0.717) is 35.0 Å². The van der Waals surface area contributed by atoms with Crippen LogP contribution in [0.25, 0.3) is 10.9 Å². The topological polar surface area (TPSA) is 114 Å². The molecule has 0 aliphatic carbocycles. The zero-order valence-electron chi connectivity index (χ0n) is 18.8. The lowest BCUT2D eigenvalue weighted by molar-refractivity contribution is 0.0139. The summed E-state index contributed by atoms with van der Waals surface area (Å²) in [4.78, 5) is 39.4. The lowest BCUT2D eigenvalue weighted by atomic mass is 10.1. The van der Waals surface area contributed by atoms with Crippen LogP contribution in [0.3, 0.4) is 0 Å². The number of hydrogen-bond acceptors (Lipinski definition) is 8. The normalized spacial score (nSPS) is 15.2. The number of nitrogens with one attached hydrogen (secondary N) is 2. The van der Waals surface area contributed by atoms with E-state index in [0.717, 1.165) is 36.3 Å². The molecule has 2 aliphatic heterocycles. The first-order valence-corrected chi connectivity index (χ1v) is 10.9. The van der Waals surface area contributed by atoms with Crippen LogP contribution < -0.4 is 21.1 Å². The van der Waals surface area contributed by atoms with E-state index in [9.17, 15) is 9.59 Å². The average molecular weight is 447 g/mol. The Labute approximate surface area is 190 Å². The second-order valence-corrected chi connectivity index (χ2v) is 8.20. The van der Waals surface area contributed by atoms with Crippen LogP contribution in [0.1, 0.15) is 28.7 Å². The van der Waals surface area contributed by atoms with Crippen molar-refractivity contribution in [2.24, 2.45) is 4.99 Å². The molecule has 1 saturated heterocycles. The molecule has 2 aromatic heterocycles. The van der Waals surface area contributed by atoms with Crippen LogP contribution in [-0.4, -0.2) is 57.9 Å². The molecule has 10 heteroatoms. The lowest BCUT2D eigenvalue weighted by Gasteiger charge is -2.39. The summed E-state index contributed by atoms with van der Waals surface area (Å²) in [6.07, 6.45) is 1.67. The van der Waals surface area contributed by atoms with Crippen molar-refractivity contribution in [3.8, 4) is 5.75 Å². The number of aromatic nitrogens is 3. The van der Waals surface area contributed by atoms with E-state index in [1.165, 1.54) is 0 Å². The Hall–Kier alpha value is -3.79. The minimum Gasteiger partial charge on any atom is -0.486 e. The fourth-order valence-electron chi connectivity index (χ4n) is 4.28. The summed E-state index contributed by atoms with van der Waals surface area (Å²) in [5.41, 5.74) is 3.41.